The van der Waals surface area contributed by atoms with Crippen LogP contribution in [-0.2, 0) is 0 Å². The van der Waals surface area contributed by atoms with E-state index in [0.717, 1.165) is 37.6 Å². The van der Waals surface area contributed by atoms with Gasteiger partial charge >= 0.3 is 0 Å². The molecule has 5 rings (SSSR count). The molecule has 1 aliphatic heterocycles. The molecule has 2 N–H and O–H groups in total. The van der Waals surface area contributed by atoms with Crippen LogP contribution in [-0.4, -0.2) is 82.4 Å². The average Bonchev–Trinajstić information content (AvgIpc) is 2.89. The Kier molecular flexibility index (Phi) is 9.08. The Morgan fingerprint density at radius 3 is 2.08 bits per heavy atom. The minimum atomic E-state index is -0.116. The molecular formula is C30H55N5O. The SMILES string of the molecule is CCN(CC)C1CC2C(CC1C)NC1CC(C)C(N=NC3CCC(O)CC3)CC1N2C1CCCCC1. The Labute approximate surface area is 221 Å². The van der Waals surface area contributed by atoms with E-state index in [1.165, 1.54) is 70.9 Å². The van der Waals surface area contributed by atoms with E-state index in [-0.39, 0.29) is 6.10 Å². The highest BCUT2D eigenvalue weighted by Gasteiger charge is 2.52. The molecule has 5 fully saturated rings. The Balaban J connectivity index is 1.36. The fourth-order valence-corrected chi connectivity index (χ4v) is 8.89. The third-order valence-electron chi connectivity index (χ3n) is 11.0. The molecule has 4 aliphatic carbocycles. The zero-order valence-corrected chi connectivity index (χ0v) is 23.7. The number of piperazine rings is 1. The number of hydrogen-bond acceptors (Lipinski definition) is 6. The number of nitrogens with one attached hydrogen (secondary N) is 1. The van der Waals surface area contributed by atoms with Crippen LogP contribution in [0.4, 0.5) is 0 Å². The van der Waals surface area contributed by atoms with Crippen molar-refractivity contribution in [3.8, 4) is 0 Å². The van der Waals surface area contributed by atoms with Crippen LogP contribution in [0.5, 0.6) is 0 Å². The van der Waals surface area contributed by atoms with Crippen molar-refractivity contribution in [1.82, 2.24) is 15.1 Å². The van der Waals surface area contributed by atoms with E-state index in [1.807, 2.05) is 0 Å². The fraction of sp³-hybridized carbons (Fsp3) is 1.00. The molecule has 5 aliphatic rings. The second-order valence-corrected chi connectivity index (χ2v) is 13.2. The number of aliphatic hydroxyl groups excluding tert-OH is 1. The molecule has 8 unspecified atom stereocenters. The molecule has 1 saturated heterocycles. The quantitative estimate of drug-likeness (QED) is 0.479. The molecule has 0 aromatic heterocycles. The monoisotopic (exact) mass is 501 g/mol. The van der Waals surface area contributed by atoms with E-state index in [2.05, 4.69) is 42.8 Å². The van der Waals surface area contributed by atoms with E-state index in [9.17, 15) is 5.11 Å². The highest BCUT2D eigenvalue weighted by Crippen LogP contribution is 2.43. The first kappa shape index (κ1) is 27.0. The standard InChI is InChI=1S/C30H55N5O/c1-5-34(6-2)28-19-30-27(17-21(28)4)31-26-16-20(3)25(33-32-22-12-14-24(36)15-13-22)18-29(26)35(30)23-10-8-7-9-11-23/h20-31,36H,5-19H2,1-4H3. The summed E-state index contributed by atoms with van der Waals surface area (Å²) in [6.45, 7) is 12.0. The van der Waals surface area contributed by atoms with Gasteiger partial charge in [-0.25, -0.2) is 0 Å². The summed E-state index contributed by atoms with van der Waals surface area (Å²) in [7, 11) is 0. The molecule has 0 spiro atoms. The van der Waals surface area contributed by atoms with Crippen LogP contribution < -0.4 is 5.32 Å². The first-order chi connectivity index (χ1) is 17.5. The minimum Gasteiger partial charge on any atom is -0.393 e. The van der Waals surface area contributed by atoms with Crippen molar-refractivity contribution >= 4 is 0 Å². The number of fused-ring (bicyclic) bond motifs is 2. The second-order valence-electron chi connectivity index (χ2n) is 13.2. The smallest absolute Gasteiger partial charge is 0.0749 e. The van der Waals surface area contributed by atoms with Gasteiger partial charge in [0.2, 0.25) is 0 Å². The maximum Gasteiger partial charge on any atom is 0.0749 e. The molecule has 0 aromatic carbocycles. The third-order valence-corrected chi connectivity index (χ3v) is 11.0. The summed E-state index contributed by atoms with van der Waals surface area (Å²) < 4.78 is 0. The van der Waals surface area contributed by atoms with Gasteiger partial charge < -0.3 is 15.3 Å². The van der Waals surface area contributed by atoms with Crippen LogP contribution in [0, 0.1) is 11.8 Å². The number of azo groups is 1. The van der Waals surface area contributed by atoms with Gasteiger partial charge in [-0.3, -0.25) is 4.90 Å². The predicted molar refractivity (Wildman–Crippen MR) is 147 cm³/mol. The summed E-state index contributed by atoms with van der Waals surface area (Å²) in [5.74, 6) is 1.35. The zero-order valence-electron chi connectivity index (χ0n) is 23.7. The lowest BCUT2D eigenvalue weighted by atomic mass is 9.70. The Morgan fingerprint density at radius 1 is 0.778 bits per heavy atom. The van der Waals surface area contributed by atoms with Gasteiger partial charge in [0.05, 0.1) is 18.2 Å². The molecule has 0 aromatic rings. The summed E-state index contributed by atoms with van der Waals surface area (Å²) >= 11 is 0. The van der Waals surface area contributed by atoms with E-state index in [0.29, 0.717) is 48.2 Å². The molecule has 4 saturated carbocycles. The van der Waals surface area contributed by atoms with Crippen molar-refractivity contribution in [2.24, 2.45) is 22.1 Å². The first-order valence-corrected chi connectivity index (χ1v) is 15.8. The number of aliphatic hydroxyl groups is 1. The molecule has 1 heterocycles. The number of rotatable bonds is 6. The van der Waals surface area contributed by atoms with Gasteiger partial charge in [0.25, 0.3) is 0 Å². The lowest BCUT2D eigenvalue weighted by molar-refractivity contribution is -0.0771. The maximum absolute atomic E-state index is 9.88. The largest absolute Gasteiger partial charge is 0.393 e. The second kappa shape index (κ2) is 12.1. The Bertz CT molecular complexity index is 714. The van der Waals surface area contributed by atoms with Crippen molar-refractivity contribution < 1.29 is 5.11 Å². The average molecular weight is 502 g/mol. The van der Waals surface area contributed by atoms with Crippen LogP contribution in [0.1, 0.15) is 111 Å². The lowest BCUT2D eigenvalue weighted by Crippen LogP contribution is -2.74. The van der Waals surface area contributed by atoms with Gasteiger partial charge in [-0.15, -0.1) is 0 Å². The van der Waals surface area contributed by atoms with Crippen LogP contribution in [0.25, 0.3) is 0 Å². The predicted octanol–water partition coefficient (Wildman–Crippen LogP) is 5.39. The van der Waals surface area contributed by atoms with E-state index < -0.39 is 0 Å². The molecule has 36 heavy (non-hydrogen) atoms. The summed E-state index contributed by atoms with van der Waals surface area (Å²) in [4.78, 5) is 5.84. The molecule has 0 bridgehead atoms. The van der Waals surface area contributed by atoms with Crippen molar-refractivity contribution in [3.05, 3.63) is 0 Å². The maximum atomic E-state index is 9.88. The summed E-state index contributed by atoms with van der Waals surface area (Å²) in [6, 6.07) is 4.68. The van der Waals surface area contributed by atoms with Crippen molar-refractivity contribution in [2.45, 2.75) is 166 Å². The summed E-state index contributed by atoms with van der Waals surface area (Å²) in [5.41, 5.74) is 0. The highest BCUT2D eigenvalue weighted by molar-refractivity contribution is 5.10. The zero-order chi connectivity index (χ0) is 25.2. The van der Waals surface area contributed by atoms with Crippen LogP contribution in [0.15, 0.2) is 10.2 Å². The van der Waals surface area contributed by atoms with E-state index >= 15 is 0 Å². The van der Waals surface area contributed by atoms with Gasteiger partial charge in [-0.2, -0.15) is 10.2 Å². The van der Waals surface area contributed by atoms with Crippen molar-refractivity contribution in [3.63, 3.8) is 0 Å². The molecule has 0 amide bonds. The lowest BCUT2D eigenvalue weighted by Gasteiger charge is -2.60. The third kappa shape index (κ3) is 5.72. The highest BCUT2D eigenvalue weighted by atomic mass is 16.3. The van der Waals surface area contributed by atoms with Gasteiger partial charge in [-0.05, 0) is 89.1 Å². The molecule has 8 atom stereocenters. The number of nitrogens with zero attached hydrogens (tertiary/aromatic N) is 4. The van der Waals surface area contributed by atoms with Crippen LogP contribution in [0.2, 0.25) is 0 Å². The number of hydrogen-bond donors (Lipinski definition) is 2. The van der Waals surface area contributed by atoms with E-state index in [4.69, 9.17) is 10.2 Å². The molecule has 0 radical (unpaired) electrons. The summed E-state index contributed by atoms with van der Waals surface area (Å²) in [5, 5.41) is 24.1. The first-order valence-electron chi connectivity index (χ1n) is 15.8. The molecular weight excluding hydrogens is 446 g/mol. The van der Waals surface area contributed by atoms with Crippen LogP contribution >= 0.6 is 0 Å². The van der Waals surface area contributed by atoms with E-state index in [1.54, 1.807) is 0 Å². The molecule has 206 valence electrons. The van der Waals surface area contributed by atoms with Gasteiger partial charge in [0.15, 0.2) is 0 Å². The molecule has 6 heteroatoms. The Morgan fingerprint density at radius 2 is 1.42 bits per heavy atom. The normalized spacial score (nSPS) is 45.1. The fourth-order valence-electron chi connectivity index (χ4n) is 8.89. The topological polar surface area (TPSA) is 63.5 Å². The Hall–Kier alpha value is -0.560. The van der Waals surface area contributed by atoms with Crippen LogP contribution in [0.3, 0.4) is 0 Å². The van der Waals surface area contributed by atoms with Gasteiger partial charge in [0.1, 0.15) is 0 Å². The van der Waals surface area contributed by atoms with Crippen molar-refractivity contribution in [2.75, 3.05) is 13.1 Å². The van der Waals surface area contributed by atoms with Crippen molar-refractivity contribution in [1.29, 1.82) is 0 Å². The summed E-state index contributed by atoms with van der Waals surface area (Å²) in [6.07, 6.45) is 15.8. The van der Waals surface area contributed by atoms with Gasteiger partial charge in [-0.1, -0.05) is 47.0 Å². The molecule has 6 nitrogen and oxygen atoms in total. The minimum absolute atomic E-state index is 0.116. The van der Waals surface area contributed by atoms with Gasteiger partial charge in [0, 0.05) is 36.3 Å².